The molecule has 3 rings (SSSR count). The van der Waals surface area contributed by atoms with Crippen LogP contribution in [0.2, 0.25) is 4.34 Å². The Morgan fingerprint density at radius 2 is 2.09 bits per heavy atom. The van der Waals surface area contributed by atoms with Crippen molar-refractivity contribution in [2.75, 3.05) is 13.7 Å². The highest BCUT2D eigenvalue weighted by Crippen LogP contribution is 2.33. The number of likely N-dealkylation sites (tertiary alicyclic amines) is 1. The molecule has 0 N–H and O–H groups in total. The fourth-order valence-corrected chi connectivity index (χ4v) is 3.66. The van der Waals surface area contributed by atoms with Crippen molar-refractivity contribution >= 4 is 23.1 Å². The standard InChI is InChI=1S/C16H20ClN3OS/c1-21-13-8-6-12(7-9-13)15-5-3-2-4-10-20(15)11-14-16(17)22-19-18-14/h6-9,15H,2-5,10-11H2,1H3/t15-/m0/s1. The number of aromatic nitrogens is 2. The minimum atomic E-state index is 0.408. The van der Waals surface area contributed by atoms with Gasteiger partial charge in [0.1, 0.15) is 15.8 Å². The minimum Gasteiger partial charge on any atom is -0.497 e. The molecule has 0 unspecified atom stereocenters. The summed E-state index contributed by atoms with van der Waals surface area (Å²) in [6.07, 6.45) is 4.94. The van der Waals surface area contributed by atoms with Gasteiger partial charge in [-0.1, -0.05) is 41.1 Å². The van der Waals surface area contributed by atoms with E-state index in [4.69, 9.17) is 16.3 Å². The molecule has 22 heavy (non-hydrogen) atoms. The van der Waals surface area contributed by atoms with E-state index < -0.39 is 0 Å². The van der Waals surface area contributed by atoms with E-state index >= 15 is 0 Å². The molecule has 6 heteroatoms. The molecular formula is C16H20ClN3OS. The van der Waals surface area contributed by atoms with Crippen molar-refractivity contribution in [2.45, 2.75) is 38.3 Å². The summed E-state index contributed by atoms with van der Waals surface area (Å²) >= 11 is 7.44. The molecule has 0 amide bonds. The van der Waals surface area contributed by atoms with Crippen molar-refractivity contribution in [3.05, 3.63) is 39.9 Å². The molecule has 0 spiro atoms. The van der Waals surface area contributed by atoms with Gasteiger partial charge < -0.3 is 4.74 Å². The second-order valence-corrected chi connectivity index (χ2v) is 6.96. The van der Waals surface area contributed by atoms with E-state index in [0.717, 1.165) is 24.5 Å². The Morgan fingerprint density at radius 1 is 1.27 bits per heavy atom. The van der Waals surface area contributed by atoms with Crippen LogP contribution >= 0.6 is 23.1 Å². The van der Waals surface area contributed by atoms with E-state index in [0.29, 0.717) is 10.4 Å². The Morgan fingerprint density at radius 3 is 2.77 bits per heavy atom. The average molecular weight is 338 g/mol. The predicted octanol–water partition coefficient (Wildman–Crippen LogP) is 4.32. The molecule has 118 valence electrons. The highest BCUT2D eigenvalue weighted by Gasteiger charge is 2.24. The molecule has 1 fully saturated rings. The number of halogens is 1. The van der Waals surface area contributed by atoms with Gasteiger partial charge in [0.2, 0.25) is 0 Å². The monoisotopic (exact) mass is 337 g/mol. The number of rotatable bonds is 4. The maximum absolute atomic E-state index is 6.18. The summed E-state index contributed by atoms with van der Waals surface area (Å²) < 4.78 is 9.91. The molecule has 0 saturated carbocycles. The lowest BCUT2D eigenvalue weighted by Crippen LogP contribution is -2.28. The lowest BCUT2D eigenvalue weighted by Gasteiger charge is -2.29. The first kappa shape index (κ1) is 15.7. The average Bonchev–Trinajstić information content (AvgIpc) is 2.82. The minimum absolute atomic E-state index is 0.408. The second-order valence-electron chi connectivity index (χ2n) is 5.60. The van der Waals surface area contributed by atoms with Crippen LogP contribution < -0.4 is 4.74 Å². The number of hydrogen-bond donors (Lipinski definition) is 0. The van der Waals surface area contributed by atoms with Crippen LogP contribution in [-0.2, 0) is 6.54 Å². The van der Waals surface area contributed by atoms with Crippen molar-refractivity contribution in [3.8, 4) is 5.75 Å². The quantitative estimate of drug-likeness (QED) is 0.833. The molecule has 0 bridgehead atoms. The van der Waals surface area contributed by atoms with Crippen LogP contribution in [0.5, 0.6) is 5.75 Å². The van der Waals surface area contributed by atoms with Gasteiger partial charge in [-0.25, -0.2) is 0 Å². The third kappa shape index (κ3) is 3.59. The van der Waals surface area contributed by atoms with Crippen LogP contribution in [0.25, 0.3) is 0 Å². The van der Waals surface area contributed by atoms with Crippen molar-refractivity contribution in [1.29, 1.82) is 0 Å². The zero-order valence-electron chi connectivity index (χ0n) is 12.7. The van der Waals surface area contributed by atoms with Crippen LogP contribution in [0.4, 0.5) is 0 Å². The Bertz CT molecular complexity index is 602. The normalized spacial score (nSPS) is 19.8. The first-order chi connectivity index (χ1) is 10.8. The van der Waals surface area contributed by atoms with Crippen LogP contribution in [0.15, 0.2) is 24.3 Å². The number of ether oxygens (including phenoxy) is 1. The van der Waals surface area contributed by atoms with E-state index in [-0.39, 0.29) is 0 Å². The van der Waals surface area contributed by atoms with Crippen LogP contribution in [0.3, 0.4) is 0 Å². The summed E-state index contributed by atoms with van der Waals surface area (Å²) in [5, 5.41) is 4.17. The van der Waals surface area contributed by atoms with Gasteiger partial charge in [-0.15, -0.1) is 5.10 Å². The first-order valence-electron chi connectivity index (χ1n) is 7.62. The lowest BCUT2D eigenvalue weighted by molar-refractivity contribution is 0.190. The molecule has 1 aromatic carbocycles. The number of hydrogen-bond acceptors (Lipinski definition) is 5. The van der Waals surface area contributed by atoms with Gasteiger partial charge >= 0.3 is 0 Å². The van der Waals surface area contributed by atoms with Crippen LogP contribution in [0, 0.1) is 0 Å². The van der Waals surface area contributed by atoms with Crippen molar-refractivity contribution in [3.63, 3.8) is 0 Å². The van der Waals surface area contributed by atoms with Gasteiger partial charge in [0.15, 0.2) is 0 Å². The Labute approximate surface area is 140 Å². The molecule has 1 aliphatic rings. The van der Waals surface area contributed by atoms with Gasteiger partial charge in [0.05, 0.1) is 7.11 Å². The smallest absolute Gasteiger partial charge is 0.138 e. The van der Waals surface area contributed by atoms with E-state index in [1.165, 1.54) is 42.8 Å². The molecule has 1 saturated heterocycles. The van der Waals surface area contributed by atoms with Crippen LogP contribution in [0.1, 0.15) is 43.0 Å². The third-order valence-electron chi connectivity index (χ3n) is 4.23. The summed E-state index contributed by atoms with van der Waals surface area (Å²) in [5.41, 5.74) is 2.23. The summed E-state index contributed by atoms with van der Waals surface area (Å²) in [5.74, 6) is 0.899. The molecule has 0 aliphatic carbocycles. The molecular weight excluding hydrogens is 318 g/mol. The molecule has 4 nitrogen and oxygen atoms in total. The Balaban J connectivity index is 1.82. The maximum Gasteiger partial charge on any atom is 0.138 e. The number of benzene rings is 1. The first-order valence-corrected chi connectivity index (χ1v) is 8.78. The third-order valence-corrected chi connectivity index (χ3v) is 5.21. The summed E-state index contributed by atoms with van der Waals surface area (Å²) in [4.78, 5) is 2.48. The summed E-state index contributed by atoms with van der Waals surface area (Å²) in [6, 6.07) is 8.82. The fraction of sp³-hybridized carbons (Fsp3) is 0.500. The highest BCUT2D eigenvalue weighted by molar-refractivity contribution is 7.10. The van der Waals surface area contributed by atoms with Gasteiger partial charge in [-0.2, -0.15) is 0 Å². The van der Waals surface area contributed by atoms with Gasteiger partial charge in [0.25, 0.3) is 0 Å². The van der Waals surface area contributed by atoms with E-state index in [1.54, 1.807) is 7.11 Å². The topological polar surface area (TPSA) is 38.2 Å². The van der Waals surface area contributed by atoms with E-state index in [1.807, 2.05) is 12.1 Å². The summed E-state index contributed by atoms with van der Waals surface area (Å²) in [6.45, 7) is 1.84. The fourth-order valence-electron chi connectivity index (χ4n) is 3.04. The van der Waals surface area contributed by atoms with Crippen molar-refractivity contribution < 1.29 is 4.74 Å². The van der Waals surface area contributed by atoms with Gasteiger partial charge in [-0.3, -0.25) is 4.90 Å². The molecule has 0 radical (unpaired) electrons. The van der Waals surface area contributed by atoms with Crippen molar-refractivity contribution in [1.82, 2.24) is 14.5 Å². The maximum atomic E-state index is 6.18. The highest BCUT2D eigenvalue weighted by atomic mass is 35.5. The van der Waals surface area contributed by atoms with Gasteiger partial charge in [-0.05, 0) is 37.1 Å². The predicted molar refractivity (Wildman–Crippen MR) is 89.5 cm³/mol. The lowest BCUT2D eigenvalue weighted by atomic mass is 10.0. The SMILES string of the molecule is COc1ccc([C@@H]2CCCCCN2Cc2nnsc2Cl)cc1. The molecule has 1 aliphatic heterocycles. The molecule has 1 aromatic heterocycles. The van der Waals surface area contributed by atoms with E-state index in [9.17, 15) is 0 Å². The molecule has 1 atom stereocenters. The Kier molecular flexibility index (Phi) is 5.28. The molecule has 2 heterocycles. The summed E-state index contributed by atoms with van der Waals surface area (Å²) in [7, 11) is 1.70. The zero-order valence-corrected chi connectivity index (χ0v) is 14.2. The largest absolute Gasteiger partial charge is 0.497 e. The Hall–Kier alpha value is -1.17. The van der Waals surface area contributed by atoms with Crippen molar-refractivity contribution in [2.24, 2.45) is 0 Å². The number of methoxy groups -OCH3 is 1. The van der Waals surface area contributed by atoms with E-state index in [2.05, 4.69) is 26.6 Å². The zero-order chi connectivity index (χ0) is 15.4. The van der Waals surface area contributed by atoms with Crippen LogP contribution in [-0.4, -0.2) is 28.1 Å². The molecule has 2 aromatic rings. The number of nitrogens with zero attached hydrogens (tertiary/aromatic N) is 3. The second kappa shape index (κ2) is 7.40. The van der Waals surface area contributed by atoms with Gasteiger partial charge in [0, 0.05) is 24.1 Å².